The molecular weight excluding hydrogens is 319 g/mol. The van der Waals surface area contributed by atoms with E-state index < -0.39 is 0 Å². The second kappa shape index (κ2) is 6.33. The van der Waals surface area contributed by atoms with Gasteiger partial charge in [-0.05, 0) is 18.6 Å². The molecule has 96 valence electrons. The number of benzene rings is 1. The van der Waals surface area contributed by atoms with Crippen LogP contribution in [-0.4, -0.2) is 10.1 Å². The van der Waals surface area contributed by atoms with E-state index in [2.05, 4.69) is 26.1 Å². The van der Waals surface area contributed by atoms with Gasteiger partial charge in [-0.1, -0.05) is 40.1 Å². The summed E-state index contributed by atoms with van der Waals surface area (Å²) in [5.74, 6) is 1.42. The van der Waals surface area contributed by atoms with Crippen LogP contribution < -0.4 is 0 Å². The van der Waals surface area contributed by atoms with Crippen molar-refractivity contribution >= 4 is 27.7 Å². The lowest BCUT2D eigenvalue weighted by molar-refractivity contribution is 0.372. The first kappa shape index (κ1) is 13.5. The lowest BCUT2D eigenvalue weighted by Gasteiger charge is -1.99. The summed E-state index contributed by atoms with van der Waals surface area (Å²) in [6.45, 7) is 2.03. The molecule has 1 heterocycles. The molecule has 2 rings (SSSR count). The summed E-state index contributed by atoms with van der Waals surface area (Å²) < 4.78 is 18.5. The van der Waals surface area contributed by atoms with E-state index in [4.69, 9.17) is 4.52 Å². The van der Waals surface area contributed by atoms with Gasteiger partial charge in [0.05, 0.1) is 10.6 Å². The maximum absolute atomic E-state index is 13.4. The predicted octanol–water partition coefficient (Wildman–Crippen LogP) is 4.35. The van der Waals surface area contributed by atoms with Crippen LogP contribution in [0, 0.1) is 5.82 Å². The molecule has 0 spiro atoms. The van der Waals surface area contributed by atoms with Crippen molar-refractivity contribution in [3.05, 3.63) is 41.8 Å². The maximum Gasteiger partial charge on any atom is 0.240 e. The molecule has 0 bridgehead atoms. The molecule has 1 aromatic carbocycles. The first-order chi connectivity index (χ1) is 8.70. The van der Waals surface area contributed by atoms with Gasteiger partial charge in [0.25, 0.3) is 0 Å². The quantitative estimate of drug-likeness (QED) is 0.603. The average Bonchev–Trinajstić information content (AvgIpc) is 2.86. The molecule has 0 N–H and O–H groups in total. The summed E-state index contributed by atoms with van der Waals surface area (Å²) in [4.78, 5) is 4.93. The van der Waals surface area contributed by atoms with Crippen LogP contribution in [0.4, 0.5) is 4.39 Å². The van der Waals surface area contributed by atoms with E-state index >= 15 is 0 Å². The van der Waals surface area contributed by atoms with Gasteiger partial charge in [0, 0.05) is 4.90 Å². The van der Waals surface area contributed by atoms with Gasteiger partial charge in [-0.2, -0.15) is 4.98 Å². The van der Waals surface area contributed by atoms with Crippen LogP contribution in [0.3, 0.4) is 0 Å². The summed E-state index contributed by atoms with van der Waals surface area (Å²) in [7, 11) is 0. The van der Waals surface area contributed by atoms with Crippen molar-refractivity contribution in [1.82, 2.24) is 10.1 Å². The van der Waals surface area contributed by atoms with E-state index in [0.717, 1.165) is 6.42 Å². The molecule has 0 aliphatic carbocycles. The Hall–Kier alpha value is -0.880. The van der Waals surface area contributed by atoms with Crippen LogP contribution in [0.25, 0.3) is 0 Å². The molecule has 0 aliphatic rings. The molecule has 0 saturated carbocycles. The maximum atomic E-state index is 13.4. The Kier molecular flexibility index (Phi) is 4.77. The van der Waals surface area contributed by atoms with Crippen LogP contribution in [0.2, 0.25) is 0 Å². The lowest BCUT2D eigenvalue weighted by Crippen LogP contribution is -1.89. The Labute approximate surface area is 117 Å². The largest absolute Gasteiger partial charge is 0.338 e. The van der Waals surface area contributed by atoms with Crippen molar-refractivity contribution in [3.63, 3.8) is 0 Å². The molecule has 1 aromatic heterocycles. The monoisotopic (exact) mass is 330 g/mol. The molecule has 0 radical (unpaired) electrons. The number of hydrogen-bond acceptors (Lipinski definition) is 4. The summed E-state index contributed by atoms with van der Waals surface area (Å²) in [5.41, 5.74) is 0. The summed E-state index contributed by atoms with van der Waals surface area (Å²) in [6, 6.07) is 6.65. The normalized spacial score (nSPS) is 12.6. The highest BCUT2D eigenvalue weighted by Crippen LogP contribution is 2.27. The molecule has 0 aliphatic heterocycles. The molecule has 2 aromatic rings. The smallest absolute Gasteiger partial charge is 0.240 e. The molecule has 6 heteroatoms. The summed E-state index contributed by atoms with van der Waals surface area (Å²) >= 11 is 4.80. The zero-order valence-corrected chi connectivity index (χ0v) is 12.2. The Bertz CT molecular complexity index is 520. The molecular formula is C12H12BrFN2OS. The zero-order valence-electron chi connectivity index (χ0n) is 9.77. The fourth-order valence-electron chi connectivity index (χ4n) is 1.33. The Balaban J connectivity index is 1.98. The van der Waals surface area contributed by atoms with E-state index in [-0.39, 0.29) is 10.6 Å². The van der Waals surface area contributed by atoms with E-state index in [0.29, 0.717) is 22.4 Å². The van der Waals surface area contributed by atoms with Gasteiger partial charge in [0.15, 0.2) is 5.82 Å². The zero-order chi connectivity index (χ0) is 13.0. The van der Waals surface area contributed by atoms with E-state index in [1.807, 2.05) is 6.92 Å². The predicted molar refractivity (Wildman–Crippen MR) is 72.2 cm³/mol. The molecule has 3 nitrogen and oxygen atoms in total. The van der Waals surface area contributed by atoms with Crippen molar-refractivity contribution < 1.29 is 8.91 Å². The number of nitrogens with zero attached hydrogens (tertiary/aromatic N) is 2. The SMILES string of the molecule is CCC(Br)c1nc(CSc2ccccc2F)no1. The number of alkyl halides is 1. The van der Waals surface area contributed by atoms with Crippen molar-refractivity contribution in [3.8, 4) is 0 Å². The molecule has 18 heavy (non-hydrogen) atoms. The van der Waals surface area contributed by atoms with Crippen LogP contribution >= 0.6 is 27.7 Å². The third-order valence-corrected chi connectivity index (χ3v) is 4.39. The Morgan fingerprint density at radius 2 is 2.22 bits per heavy atom. The number of hydrogen-bond donors (Lipinski definition) is 0. The molecule has 0 saturated heterocycles. The van der Waals surface area contributed by atoms with Crippen molar-refractivity contribution in [2.24, 2.45) is 0 Å². The van der Waals surface area contributed by atoms with E-state index in [1.165, 1.54) is 17.8 Å². The van der Waals surface area contributed by atoms with Gasteiger partial charge in [0.1, 0.15) is 5.82 Å². The number of halogens is 2. The number of aromatic nitrogens is 2. The van der Waals surface area contributed by atoms with Crippen molar-refractivity contribution in [2.45, 2.75) is 28.8 Å². The van der Waals surface area contributed by atoms with Crippen molar-refractivity contribution in [1.29, 1.82) is 0 Å². The first-order valence-electron chi connectivity index (χ1n) is 5.54. The fourth-order valence-corrected chi connectivity index (χ4v) is 2.30. The minimum atomic E-state index is -0.224. The van der Waals surface area contributed by atoms with Gasteiger partial charge >= 0.3 is 0 Å². The standard InChI is InChI=1S/C12H12BrFN2OS/c1-2-8(13)12-15-11(16-17-12)7-18-10-6-4-3-5-9(10)14/h3-6,8H,2,7H2,1H3. The highest BCUT2D eigenvalue weighted by Gasteiger charge is 2.14. The lowest BCUT2D eigenvalue weighted by atomic mass is 10.3. The minimum Gasteiger partial charge on any atom is -0.338 e. The Morgan fingerprint density at radius 1 is 1.44 bits per heavy atom. The Morgan fingerprint density at radius 3 is 2.94 bits per heavy atom. The topological polar surface area (TPSA) is 38.9 Å². The van der Waals surface area contributed by atoms with E-state index in [1.54, 1.807) is 18.2 Å². The van der Waals surface area contributed by atoms with Gasteiger partial charge in [0.2, 0.25) is 5.89 Å². The highest BCUT2D eigenvalue weighted by molar-refractivity contribution is 9.09. The minimum absolute atomic E-state index is 0.0808. The van der Waals surface area contributed by atoms with Crippen LogP contribution in [0.5, 0.6) is 0 Å². The average molecular weight is 331 g/mol. The molecule has 0 fully saturated rings. The number of rotatable bonds is 5. The van der Waals surface area contributed by atoms with Gasteiger partial charge in [-0.25, -0.2) is 4.39 Å². The van der Waals surface area contributed by atoms with Crippen LogP contribution in [-0.2, 0) is 5.75 Å². The number of thioether (sulfide) groups is 1. The fraction of sp³-hybridized carbons (Fsp3) is 0.333. The van der Waals surface area contributed by atoms with Gasteiger partial charge < -0.3 is 4.52 Å². The molecule has 1 unspecified atom stereocenters. The second-order valence-corrected chi connectivity index (χ2v) is 5.77. The van der Waals surface area contributed by atoms with E-state index in [9.17, 15) is 4.39 Å². The molecule has 1 atom stereocenters. The summed E-state index contributed by atoms with van der Waals surface area (Å²) in [6.07, 6.45) is 0.877. The van der Waals surface area contributed by atoms with Crippen molar-refractivity contribution in [2.75, 3.05) is 0 Å². The van der Waals surface area contributed by atoms with Gasteiger partial charge in [-0.15, -0.1) is 11.8 Å². The summed E-state index contributed by atoms with van der Waals surface area (Å²) in [5, 5.41) is 3.87. The first-order valence-corrected chi connectivity index (χ1v) is 7.44. The molecule has 0 amide bonds. The van der Waals surface area contributed by atoms with Crippen LogP contribution in [0.1, 0.15) is 29.9 Å². The third-order valence-electron chi connectivity index (χ3n) is 2.30. The van der Waals surface area contributed by atoms with Gasteiger partial charge in [-0.3, -0.25) is 0 Å². The third kappa shape index (κ3) is 3.32. The highest BCUT2D eigenvalue weighted by atomic mass is 79.9. The van der Waals surface area contributed by atoms with Crippen LogP contribution in [0.15, 0.2) is 33.7 Å². The second-order valence-electron chi connectivity index (χ2n) is 3.64.